The van der Waals surface area contributed by atoms with Crippen LogP contribution in [0.1, 0.15) is 27.6 Å². The quantitative estimate of drug-likeness (QED) is 0.578. The van der Waals surface area contributed by atoms with Gasteiger partial charge in [0.1, 0.15) is 5.75 Å². The van der Waals surface area contributed by atoms with Gasteiger partial charge in [-0.2, -0.15) is 0 Å². The van der Waals surface area contributed by atoms with Crippen LogP contribution in [0, 0.1) is 0 Å². The predicted molar refractivity (Wildman–Crippen MR) is 111 cm³/mol. The lowest BCUT2D eigenvalue weighted by molar-refractivity contribution is -0.126. The molecule has 1 atom stereocenters. The van der Waals surface area contributed by atoms with E-state index < -0.39 is 28.1 Å². The smallest absolute Gasteiger partial charge is 0.337 e. The fraction of sp³-hybridized carbons (Fsp3) is 0.250. The van der Waals surface area contributed by atoms with Gasteiger partial charge in [0, 0.05) is 7.05 Å². The molecule has 0 fully saturated rings. The van der Waals surface area contributed by atoms with E-state index in [1.807, 2.05) is 0 Å². The summed E-state index contributed by atoms with van der Waals surface area (Å²) in [5, 5.41) is 2.45. The summed E-state index contributed by atoms with van der Waals surface area (Å²) in [5.74, 6) is -1.53. The number of carbonyl (C=O) groups excluding carboxylic acids is 3. The number of rotatable bonds is 8. The summed E-state index contributed by atoms with van der Waals surface area (Å²) in [6.07, 6.45) is -0.761. The van der Waals surface area contributed by atoms with Crippen LogP contribution in [0.3, 0.4) is 0 Å². The average Bonchev–Trinajstić information content (AvgIpc) is 2.77. The Labute approximate surface area is 179 Å². The number of carbonyl (C=O) groups is 3. The molecule has 0 spiro atoms. The molecule has 0 saturated heterocycles. The molecular weight excluding hydrogens is 428 g/mol. The van der Waals surface area contributed by atoms with Gasteiger partial charge in [-0.3, -0.25) is 9.52 Å². The number of sulfonamides is 1. The van der Waals surface area contributed by atoms with Gasteiger partial charge in [0.25, 0.3) is 15.9 Å². The Kier molecular flexibility index (Phi) is 7.59. The summed E-state index contributed by atoms with van der Waals surface area (Å²) >= 11 is 0. The first-order valence-electron chi connectivity index (χ1n) is 8.94. The first-order valence-corrected chi connectivity index (χ1v) is 10.4. The van der Waals surface area contributed by atoms with Crippen LogP contribution in [-0.4, -0.2) is 53.6 Å². The molecule has 2 rings (SSSR count). The molecule has 2 N–H and O–H groups in total. The highest BCUT2D eigenvalue weighted by molar-refractivity contribution is 7.92. The van der Waals surface area contributed by atoms with E-state index in [1.54, 1.807) is 6.92 Å². The minimum Gasteiger partial charge on any atom is -0.481 e. The van der Waals surface area contributed by atoms with Crippen molar-refractivity contribution >= 4 is 33.6 Å². The lowest BCUT2D eigenvalue weighted by atomic mass is 10.1. The Morgan fingerprint density at radius 3 is 1.87 bits per heavy atom. The molecule has 0 unspecified atom stereocenters. The molecule has 11 heteroatoms. The molecule has 0 heterocycles. The minimum atomic E-state index is -4.07. The highest BCUT2D eigenvalue weighted by Gasteiger charge is 2.19. The van der Waals surface area contributed by atoms with Crippen molar-refractivity contribution in [3.05, 3.63) is 53.6 Å². The van der Waals surface area contributed by atoms with Crippen LogP contribution in [0.15, 0.2) is 47.4 Å². The molecule has 0 aliphatic rings. The number of methoxy groups -OCH3 is 2. The van der Waals surface area contributed by atoms with Crippen molar-refractivity contribution in [2.75, 3.05) is 26.0 Å². The van der Waals surface area contributed by atoms with Crippen LogP contribution >= 0.6 is 0 Å². The van der Waals surface area contributed by atoms with E-state index in [9.17, 15) is 22.8 Å². The first-order chi connectivity index (χ1) is 14.6. The van der Waals surface area contributed by atoms with E-state index in [2.05, 4.69) is 19.5 Å². The van der Waals surface area contributed by atoms with E-state index >= 15 is 0 Å². The minimum absolute atomic E-state index is 0.0307. The zero-order valence-corrected chi connectivity index (χ0v) is 18.1. The fourth-order valence-electron chi connectivity index (χ4n) is 2.53. The number of hydrogen-bond donors (Lipinski definition) is 2. The molecule has 0 aliphatic carbocycles. The highest BCUT2D eigenvalue weighted by Crippen LogP contribution is 2.22. The van der Waals surface area contributed by atoms with Crippen LogP contribution in [0.5, 0.6) is 5.75 Å². The second-order valence-electron chi connectivity index (χ2n) is 6.23. The van der Waals surface area contributed by atoms with Gasteiger partial charge in [-0.05, 0) is 49.4 Å². The summed E-state index contributed by atoms with van der Waals surface area (Å²) in [6.45, 7) is 1.55. The number of benzene rings is 2. The predicted octanol–water partition coefficient (Wildman–Crippen LogP) is 1.57. The molecule has 0 aromatic heterocycles. The molecule has 0 aliphatic heterocycles. The van der Waals surface area contributed by atoms with Gasteiger partial charge in [-0.1, -0.05) is 0 Å². The number of amides is 1. The molecule has 0 bridgehead atoms. The van der Waals surface area contributed by atoms with Gasteiger partial charge in [0.2, 0.25) is 0 Å². The number of esters is 2. The van der Waals surface area contributed by atoms with Crippen LogP contribution < -0.4 is 14.8 Å². The zero-order valence-electron chi connectivity index (χ0n) is 17.3. The van der Waals surface area contributed by atoms with Gasteiger partial charge < -0.3 is 19.5 Å². The number of anilines is 1. The second-order valence-corrected chi connectivity index (χ2v) is 7.92. The third-order valence-corrected chi connectivity index (χ3v) is 5.49. The topological polar surface area (TPSA) is 137 Å². The molecule has 2 aromatic carbocycles. The first kappa shape index (κ1) is 23.7. The van der Waals surface area contributed by atoms with Crippen LogP contribution in [0.4, 0.5) is 5.69 Å². The summed E-state index contributed by atoms with van der Waals surface area (Å²) in [6, 6.07) is 9.09. The molecule has 10 nitrogen and oxygen atoms in total. The maximum absolute atomic E-state index is 12.7. The number of nitrogens with one attached hydrogen (secondary N) is 2. The number of hydrogen-bond acceptors (Lipinski definition) is 8. The van der Waals surface area contributed by atoms with Crippen molar-refractivity contribution in [3.63, 3.8) is 0 Å². The summed E-state index contributed by atoms with van der Waals surface area (Å²) in [5.41, 5.74) is -0.0954. The molecule has 0 saturated carbocycles. The van der Waals surface area contributed by atoms with Gasteiger partial charge in [0.15, 0.2) is 6.10 Å². The average molecular weight is 450 g/mol. The Morgan fingerprint density at radius 1 is 0.903 bits per heavy atom. The number of ether oxygens (including phenoxy) is 3. The highest BCUT2D eigenvalue weighted by atomic mass is 32.2. The summed E-state index contributed by atoms with van der Waals surface area (Å²) < 4.78 is 42.5. The van der Waals surface area contributed by atoms with E-state index in [0.29, 0.717) is 5.75 Å². The van der Waals surface area contributed by atoms with Crippen molar-refractivity contribution in [1.29, 1.82) is 0 Å². The second kappa shape index (κ2) is 9.94. The largest absolute Gasteiger partial charge is 0.481 e. The molecule has 2 aromatic rings. The van der Waals surface area contributed by atoms with E-state index in [0.717, 1.165) is 14.2 Å². The summed E-state index contributed by atoms with van der Waals surface area (Å²) in [4.78, 5) is 35.2. The van der Waals surface area contributed by atoms with Crippen LogP contribution in [0.2, 0.25) is 0 Å². The monoisotopic (exact) mass is 450 g/mol. The fourth-order valence-corrected chi connectivity index (χ4v) is 3.57. The van der Waals surface area contributed by atoms with E-state index in [4.69, 9.17) is 4.74 Å². The lowest BCUT2D eigenvalue weighted by Crippen LogP contribution is -2.33. The van der Waals surface area contributed by atoms with Gasteiger partial charge in [-0.25, -0.2) is 18.0 Å². The van der Waals surface area contributed by atoms with E-state index in [-0.39, 0.29) is 27.6 Å². The van der Waals surface area contributed by atoms with Crippen molar-refractivity contribution in [2.24, 2.45) is 0 Å². The molecule has 166 valence electrons. The molecule has 31 heavy (non-hydrogen) atoms. The standard InChI is InChI=1S/C20H22N2O8S/c1-12(18(23)21-2)30-16-5-7-17(8-6-16)31(26,27)22-15-10-13(19(24)28-3)9-14(11-15)20(25)29-4/h5-12,22H,1-4H3,(H,21,23)/t12-/m1/s1. The third kappa shape index (κ3) is 5.95. The SMILES string of the molecule is CNC(=O)[C@@H](C)Oc1ccc(S(=O)(=O)Nc2cc(C(=O)OC)cc(C(=O)OC)c2)cc1. The number of likely N-dealkylation sites (N-methyl/N-ethyl adjacent to an activating group) is 1. The Bertz CT molecular complexity index is 1050. The van der Waals surface area contributed by atoms with Gasteiger partial charge in [0.05, 0.1) is 35.9 Å². The van der Waals surface area contributed by atoms with Crippen molar-refractivity contribution in [1.82, 2.24) is 5.32 Å². The molecule has 1 amide bonds. The van der Waals surface area contributed by atoms with Crippen molar-refractivity contribution in [3.8, 4) is 5.75 Å². The summed E-state index contributed by atoms with van der Waals surface area (Å²) in [7, 11) is -0.274. The maximum atomic E-state index is 12.7. The van der Waals surface area contributed by atoms with Gasteiger partial charge in [-0.15, -0.1) is 0 Å². The maximum Gasteiger partial charge on any atom is 0.337 e. The van der Waals surface area contributed by atoms with Crippen LogP contribution in [0.25, 0.3) is 0 Å². The Hall–Kier alpha value is -3.60. The van der Waals surface area contributed by atoms with Gasteiger partial charge >= 0.3 is 11.9 Å². The van der Waals surface area contributed by atoms with Crippen molar-refractivity contribution in [2.45, 2.75) is 17.9 Å². The Morgan fingerprint density at radius 2 is 1.42 bits per heavy atom. The normalized spacial score (nSPS) is 11.7. The third-order valence-electron chi connectivity index (χ3n) is 4.09. The van der Waals surface area contributed by atoms with Crippen molar-refractivity contribution < 1.29 is 37.0 Å². The Balaban J connectivity index is 2.30. The zero-order chi connectivity index (χ0) is 23.2. The molecular formula is C20H22N2O8S. The molecule has 0 radical (unpaired) electrons. The lowest BCUT2D eigenvalue weighted by Gasteiger charge is -2.14. The van der Waals surface area contributed by atoms with E-state index in [1.165, 1.54) is 49.5 Å². The van der Waals surface area contributed by atoms with Crippen LogP contribution in [-0.2, 0) is 24.3 Å².